The van der Waals surface area contributed by atoms with Crippen molar-refractivity contribution in [2.45, 2.75) is 64.8 Å². The summed E-state index contributed by atoms with van der Waals surface area (Å²) < 4.78 is 0. The first-order valence-corrected chi connectivity index (χ1v) is 8.00. The first-order chi connectivity index (χ1) is 8.61. The second-order valence-corrected chi connectivity index (χ2v) is 7.26. The van der Waals surface area contributed by atoms with Crippen molar-refractivity contribution in [3.8, 4) is 0 Å². The van der Waals surface area contributed by atoms with Crippen LogP contribution in [0.1, 0.15) is 58.8 Å². The lowest BCUT2D eigenvalue weighted by molar-refractivity contribution is 0.211. The van der Waals surface area contributed by atoms with Gasteiger partial charge >= 0.3 is 0 Å². The summed E-state index contributed by atoms with van der Waals surface area (Å²) in [4.78, 5) is 2.72. The molecule has 0 aromatic carbocycles. The van der Waals surface area contributed by atoms with Gasteiger partial charge in [0.2, 0.25) is 0 Å². The van der Waals surface area contributed by atoms with Crippen molar-refractivity contribution in [3.63, 3.8) is 0 Å². The molecule has 1 N–H and O–H groups in total. The fraction of sp³-hybridized carbons (Fsp3) is 1.00. The second-order valence-electron chi connectivity index (χ2n) is 7.26. The van der Waals surface area contributed by atoms with Crippen LogP contribution >= 0.6 is 0 Å². The standard InChI is InChI=1S/C16H32N2/c1-16(2)9-6-11-18(12-10-16)13-15(17-3)14-7-4-5-8-14/h14-15,17H,4-13H2,1-3H3. The molecule has 2 heteroatoms. The molecule has 106 valence electrons. The first kappa shape index (κ1) is 14.3. The molecule has 0 spiro atoms. The minimum Gasteiger partial charge on any atom is -0.315 e. The van der Waals surface area contributed by atoms with Crippen molar-refractivity contribution in [2.24, 2.45) is 11.3 Å². The van der Waals surface area contributed by atoms with Gasteiger partial charge in [0.1, 0.15) is 0 Å². The fourth-order valence-corrected chi connectivity index (χ4v) is 3.78. The number of nitrogens with zero attached hydrogens (tertiary/aromatic N) is 1. The summed E-state index contributed by atoms with van der Waals surface area (Å²) in [5.74, 6) is 0.936. The fourth-order valence-electron chi connectivity index (χ4n) is 3.78. The number of hydrogen-bond acceptors (Lipinski definition) is 2. The van der Waals surface area contributed by atoms with E-state index in [0.29, 0.717) is 5.41 Å². The third-order valence-electron chi connectivity index (χ3n) is 5.23. The summed E-state index contributed by atoms with van der Waals surface area (Å²) >= 11 is 0. The molecule has 2 fully saturated rings. The summed E-state index contributed by atoms with van der Waals surface area (Å²) in [6, 6.07) is 0.730. The van der Waals surface area contributed by atoms with E-state index in [1.54, 1.807) is 0 Å². The molecule has 18 heavy (non-hydrogen) atoms. The molecule has 1 saturated carbocycles. The van der Waals surface area contributed by atoms with E-state index in [1.165, 1.54) is 64.6 Å². The molecule has 2 aliphatic rings. The zero-order valence-corrected chi connectivity index (χ0v) is 12.7. The third-order valence-corrected chi connectivity index (χ3v) is 5.23. The molecule has 0 amide bonds. The monoisotopic (exact) mass is 252 g/mol. The van der Waals surface area contributed by atoms with Crippen molar-refractivity contribution in [3.05, 3.63) is 0 Å². The molecule has 1 heterocycles. The topological polar surface area (TPSA) is 15.3 Å². The van der Waals surface area contributed by atoms with E-state index >= 15 is 0 Å². The predicted octanol–water partition coefficient (Wildman–Crippen LogP) is 3.28. The summed E-state index contributed by atoms with van der Waals surface area (Å²) in [7, 11) is 2.16. The molecule has 1 aliphatic carbocycles. The first-order valence-electron chi connectivity index (χ1n) is 8.00. The second kappa shape index (κ2) is 6.38. The van der Waals surface area contributed by atoms with Crippen LogP contribution in [0.25, 0.3) is 0 Å². The van der Waals surface area contributed by atoms with Gasteiger partial charge in [-0.3, -0.25) is 0 Å². The number of hydrogen-bond donors (Lipinski definition) is 1. The van der Waals surface area contributed by atoms with Gasteiger partial charge in [0.15, 0.2) is 0 Å². The van der Waals surface area contributed by atoms with Gasteiger partial charge in [-0.05, 0) is 63.6 Å². The Bertz CT molecular complexity index is 243. The molecular weight excluding hydrogens is 220 g/mol. The normalized spacial score (nSPS) is 28.2. The number of nitrogens with one attached hydrogen (secondary N) is 1. The highest BCUT2D eigenvalue weighted by Crippen LogP contribution is 2.31. The van der Waals surface area contributed by atoms with Crippen molar-refractivity contribution >= 4 is 0 Å². The van der Waals surface area contributed by atoms with Gasteiger partial charge < -0.3 is 10.2 Å². The van der Waals surface area contributed by atoms with E-state index in [2.05, 4.69) is 31.1 Å². The van der Waals surface area contributed by atoms with Crippen LogP contribution in [0.4, 0.5) is 0 Å². The molecule has 1 unspecified atom stereocenters. The smallest absolute Gasteiger partial charge is 0.0220 e. The van der Waals surface area contributed by atoms with Crippen molar-refractivity contribution in [1.29, 1.82) is 0 Å². The van der Waals surface area contributed by atoms with Gasteiger partial charge in [-0.15, -0.1) is 0 Å². The molecule has 1 saturated heterocycles. The Morgan fingerprint density at radius 1 is 1.11 bits per heavy atom. The van der Waals surface area contributed by atoms with Gasteiger partial charge in [-0.2, -0.15) is 0 Å². The van der Waals surface area contributed by atoms with Gasteiger partial charge in [0, 0.05) is 12.6 Å². The quantitative estimate of drug-likeness (QED) is 0.826. The minimum atomic E-state index is 0.567. The maximum atomic E-state index is 3.59. The lowest BCUT2D eigenvalue weighted by atomic mass is 9.85. The van der Waals surface area contributed by atoms with Crippen molar-refractivity contribution < 1.29 is 0 Å². The minimum absolute atomic E-state index is 0.567. The zero-order valence-electron chi connectivity index (χ0n) is 12.7. The van der Waals surface area contributed by atoms with Crippen LogP contribution in [-0.4, -0.2) is 37.6 Å². The Kier molecular flexibility index (Phi) is 5.08. The zero-order chi connectivity index (χ0) is 13.0. The highest BCUT2D eigenvalue weighted by Gasteiger charge is 2.28. The summed E-state index contributed by atoms with van der Waals surface area (Å²) in [5, 5.41) is 3.59. The number of rotatable bonds is 4. The molecule has 0 bridgehead atoms. The Labute approximate surface area is 114 Å². The predicted molar refractivity (Wildman–Crippen MR) is 78.9 cm³/mol. The van der Waals surface area contributed by atoms with Gasteiger partial charge in [-0.25, -0.2) is 0 Å². The van der Waals surface area contributed by atoms with E-state index in [-0.39, 0.29) is 0 Å². The van der Waals surface area contributed by atoms with Crippen LogP contribution in [0.5, 0.6) is 0 Å². The summed E-state index contributed by atoms with van der Waals surface area (Å²) in [5.41, 5.74) is 0.567. The van der Waals surface area contributed by atoms with E-state index in [0.717, 1.165) is 12.0 Å². The van der Waals surface area contributed by atoms with E-state index in [9.17, 15) is 0 Å². The van der Waals surface area contributed by atoms with E-state index in [1.807, 2.05) is 0 Å². The summed E-state index contributed by atoms with van der Waals surface area (Å²) in [6.07, 6.45) is 9.96. The molecule has 2 rings (SSSR count). The molecular formula is C16H32N2. The van der Waals surface area contributed by atoms with Crippen LogP contribution in [0, 0.1) is 11.3 Å². The average molecular weight is 252 g/mol. The van der Waals surface area contributed by atoms with Crippen LogP contribution < -0.4 is 5.32 Å². The Morgan fingerprint density at radius 2 is 1.83 bits per heavy atom. The van der Waals surface area contributed by atoms with Gasteiger partial charge in [0.25, 0.3) is 0 Å². The Hall–Kier alpha value is -0.0800. The van der Waals surface area contributed by atoms with Crippen LogP contribution in [0.15, 0.2) is 0 Å². The molecule has 0 aromatic heterocycles. The maximum Gasteiger partial charge on any atom is 0.0220 e. The summed E-state index contributed by atoms with van der Waals surface area (Å²) in [6.45, 7) is 8.76. The molecule has 0 radical (unpaired) electrons. The Morgan fingerprint density at radius 3 is 2.50 bits per heavy atom. The van der Waals surface area contributed by atoms with E-state index < -0.39 is 0 Å². The number of likely N-dealkylation sites (tertiary alicyclic amines) is 1. The molecule has 1 atom stereocenters. The van der Waals surface area contributed by atoms with Gasteiger partial charge in [-0.1, -0.05) is 26.7 Å². The third kappa shape index (κ3) is 3.96. The SMILES string of the molecule is CNC(CN1CCCC(C)(C)CC1)C1CCCC1. The molecule has 2 nitrogen and oxygen atoms in total. The average Bonchev–Trinajstić information content (AvgIpc) is 2.80. The lowest BCUT2D eigenvalue weighted by Crippen LogP contribution is -2.44. The van der Waals surface area contributed by atoms with Crippen molar-refractivity contribution in [1.82, 2.24) is 10.2 Å². The highest BCUT2D eigenvalue weighted by molar-refractivity contribution is 4.84. The van der Waals surface area contributed by atoms with Crippen molar-refractivity contribution in [2.75, 3.05) is 26.7 Å². The maximum absolute atomic E-state index is 3.59. The van der Waals surface area contributed by atoms with E-state index in [4.69, 9.17) is 0 Å². The number of likely N-dealkylation sites (N-methyl/N-ethyl adjacent to an activating group) is 1. The van der Waals surface area contributed by atoms with Crippen LogP contribution in [-0.2, 0) is 0 Å². The van der Waals surface area contributed by atoms with Crippen LogP contribution in [0.3, 0.4) is 0 Å². The molecule has 1 aliphatic heterocycles. The lowest BCUT2D eigenvalue weighted by Gasteiger charge is -2.30. The highest BCUT2D eigenvalue weighted by atomic mass is 15.1. The largest absolute Gasteiger partial charge is 0.315 e. The van der Waals surface area contributed by atoms with Gasteiger partial charge in [0.05, 0.1) is 0 Å². The Balaban J connectivity index is 1.83. The molecule has 0 aromatic rings. The van der Waals surface area contributed by atoms with Crippen LogP contribution in [0.2, 0.25) is 0 Å².